The molecule has 2 atom stereocenters. The van der Waals surface area contributed by atoms with Crippen LogP contribution in [0, 0.1) is 6.92 Å². The molecule has 8 heteroatoms. The number of benzene rings is 2. The molecule has 1 aliphatic heterocycles. The number of morpholine rings is 1. The number of hydrogen-bond acceptors (Lipinski definition) is 5. The first-order chi connectivity index (χ1) is 14.3. The van der Waals surface area contributed by atoms with Gasteiger partial charge in [0.05, 0.1) is 40.7 Å². The molecule has 0 saturated carbocycles. The van der Waals surface area contributed by atoms with Crippen LogP contribution < -0.4 is 4.90 Å². The smallest absolute Gasteiger partial charge is 0.336 e. The molecule has 8 nitrogen and oxygen atoms in total. The quantitative estimate of drug-likeness (QED) is 0.603. The molecule has 1 saturated heterocycles. The SMILES string of the molecule is Cc1c(C(=O)O)ccc(-c2cc(N3CC(C)OC(C)C3)c3[nH]ncc3c2)c1C(=O)O. The van der Waals surface area contributed by atoms with E-state index < -0.39 is 11.9 Å². The van der Waals surface area contributed by atoms with Gasteiger partial charge in [-0.1, -0.05) is 6.07 Å². The number of ether oxygens (including phenoxy) is 1. The Kier molecular flexibility index (Phi) is 4.95. The largest absolute Gasteiger partial charge is 0.478 e. The molecule has 30 heavy (non-hydrogen) atoms. The molecule has 156 valence electrons. The summed E-state index contributed by atoms with van der Waals surface area (Å²) >= 11 is 0. The first-order valence-corrected chi connectivity index (χ1v) is 9.74. The van der Waals surface area contributed by atoms with Crippen molar-refractivity contribution in [1.82, 2.24) is 10.2 Å². The van der Waals surface area contributed by atoms with E-state index in [0.29, 0.717) is 24.2 Å². The van der Waals surface area contributed by atoms with Gasteiger partial charge in [0, 0.05) is 18.5 Å². The molecule has 2 heterocycles. The summed E-state index contributed by atoms with van der Waals surface area (Å²) in [4.78, 5) is 25.7. The third kappa shape index (κ3) is 3.39. The Morgan fingerprint density at radius 3 is 2.47 bits per heavy atom. The van der Waals surface area contributed by atoms with E-state index in [9.17, 15) is 19.8 Å². The predicted octanol–water partition coefficient (Wildman–Crippen LogP) is 3.55. The van der Waals surface area contributed by atoms with Crippen LogP contribution in [0.2, 0.25) is 0 Å². The van der Waals surface area contributed by atoms with Crippen molar-refractivity contribution in [3.05, 3.63) is 47.2 Å². The highest BCUT2D eigenvalue weighted by atomic mass is 16.5. The lowest BCUT2D eigenvalue weighted by atomic mass is 9.91. The maximum absolute atomic E-state index is 12.0. The summed E-state index contributed by atoms with van der Waals surface area (Å²) in [5, 5.41) is 27.3. The summed E-state index contributed by atoms with van der Waals surface area (Å²) in [6.45, 7) is 6.97. The summed E-state index contributed by atoms with van der Waals surface area (Å²) in [7, 11) is 0. The van der Waals surface area contributed by atoms with Gasteiger partial charge in [0.25, 0.3) is 0 Å². The van der Waals surface area contributed by atoms with Crippen LogP contribution in [-0.4, -0.2) is 57.6 Å². The first-order valence-electron chi connectivity index (χ1n) is 9.74. The number of carbonyl (C=O) groups is 2. The van der Waals surface area contributed by atoms with Gasteiger partial charge in [0.2, 0.25) is 0 Å². The fourth-order valence-electron chi connectivity index (χ4n) is 4.28. The monoisotopic (exact) mass is 409 g/mol. The van der Waals surface area contributed by atoms with Crippen molar-refractivity contribution in [3.63, 3.8) is 0 Å². The van der Waals surface area contributed by atoms with Gasteiger partial charge in [-0.2, -0.15) is 5.10 Å². The van der Waals surface area contributed by atoms with Gasteiger partial charge >= 0.3 is 11.9 Å². The summed E-state index contributed by atoms with van der Waals surface area (Å²) in [6, 6.07) is 6.83. The maximum Gasteiger partial charge on any atom is 0.336 e. The molecule has 0 aliphatic carbocycles. The molecule has 4 rings (SSSR count). The van der Waals surface area contributed by atoms with E-state index in [1.54, 1.807) is 12.3 Å². The van der Waals surface area contributed by atoms with Crippen molar-refractivity contribution in [2.45, 2.75) is 33.0 Å². The number of fused-ring (bicyclic) bond motifs is 1. The van der Waals surface area contributed by atoms with Gasteiger partial charge in [0.15, 0.2) is 0 Å². The summed E-state index contributed by atoms with van der Waals surface area (Å²) in [5.41, 5.74) is 3.17. The van der Waals surface area contributed by atoms with E-state index in [1.807, 2.05) is 26.0 Å². The van der Waals surface area contributed by atoms with Crippen LogP contribution in [0.4, 0.5) is 5.69 Å². The fourth-order valence-corrected chi connectivity index (χ4v) is 4.28. The van der Waals surface area contributed by atoms with Crippen LogP contribution in [0.1, 0.15) is 40.1 Å². The molecule has 1 fully saturated rings. The molecule has 2 unspecified atom stereocenters. The summed E-state index contributed by atoms with van der Waals surface area (Å²) in [6.07, 6.45) is 1.82. The van der Waals surface area contributed by atoms with Crippen LogP contribution in [-0.2, 0) is 4.74 Å². The molecular weight excluding hydrogens is 386 g/mol. The van der Waals surface area contributed by atoms with Crippen molar-refractivity contribution in [2.24, 2.45) is 0 Å². The molecule has 2 aromatic carbocycles. The summed E-state index contributed by atoms with van der Waals surface area (Å²) in [5.74, 6) is -2.31. The van der Waals surface area contributed by atoms with E-state index in [2.05, 4.69) is 15.1 Å². The van der Waals surface area contributed by atoms with Crippen molar-refractivity contribution in [1.29, 1.82) is 0 Å². The van der Waals surface area contributed by atoms with Gasteiger partial charge in [-0.15, -0.1) is 0 Å². The van der Waals surface area contributed by atoms with E-state index in [-0.39, 0.29) is 28.9 Å². The molecule has 0 spiro atoms. The number of anilines is 1. The number of nitrogens with one attached hydrogen (secondary N) is 1. The van der Waals surface area contributed by atoms with Crippen LogP contribution in [0.5, 0.6) is 0 Å². The zero-order valence-electron chi connectivity index (χ0n) is 17.0. The Bertz CT molecular complexity index is 1140. The number of aromatic nitrogens is 2. The van der Waals surface area contributed by atoms with E-state index >= 15 is 0 Å². The molecule has 0 bridgehead atoms. The molecule has 0 radical (unpaired) electrons. The number of carboxylic acid groups (broad SMARTS) is 2. The molecular formula is C22H23N3O5. The van der Waals surface area contributed by atoms with Crippen molar-refractivity contribution in [3.8, 4) is 11.1 Å². The van der Waals surface area contributed by atoms with Gasteiger partial charge in [-0.3, -0.25) is 5.10 Å². The van der Waals surface area contributed by atoms with E-state index in [1.165, 1.54) is 13.0 Å². The zero-order valence-corrected chi connectivity index (χ0v) is 17.0. The number of aromatic amines is 1. The number of hydrogen-bond donors (Lipinski definition) is 3. The Labute approximate surface area is 173 Å². The summed E-state index contributed by atoms with van der Waals surface area (Å²) < 4.78 is 5.85. The highest BCUT2D eigenvalue weighted by Gasteiger charge is 2.26. The van der Waals surface area contributed by atoms with Gasteiger partial charge < -0.3 is 19.8 Å². The van der Waals surface area contributed by atoms with Crippen molar-refractivity contribution < 1.29 is 24.5 Å². The minimum Gasteiger partial charge on any atom is -0.478 e. The third-order valence-corrected chi connectivity index (χ3v) is 5.51. The molecule has 3 aromatic rings. The van der Waals surface area contributed by atoms with E-state index in [0.717, 1.165) is 16.6 Å². The second-order valence-corrected chi connectivity index (χ2v) is 7.76. The Morgan fingerprint density at radius 1 is 1.13 bits per heavy atom. The molecule has 3 N–H and O–H groups in total. The van der Waals surface area contributed by atoms with Crippen molar-refractivity contribution >= 4 is 28.5 Å². The Hall–Kier alpha value is -3.39. The lowest BCUT2D eigenvalue weighted by Gasteiger charge is -2.37. The fraction of sp³-hybridized carbons (Fsp3) is 0.318. The first kappa shape index (κ1) is 19.9. The average Bonchev–Trinajstić information content (AvgIpc) is 3.14. The Balaban J connectivity index is 1.92. The van der Waals surface area contributed by atoms with Crippen LogP contribution in [0.25, 0.3) is 22.0 Å². The van der Waals surface area contributed by atoms with Crippen LogP contribution >= 0.6 is 0 Å². The minimum absolute atomic E-state index is 0.00703. The standard InChI is InChI=1S/C22H23N3O5/c1-11-9-25(10-12(2)30-11)18-7-14(6-15-8-23-24-20(15)18)17-5-4-16(21(26)27)13(3)19(17)22(28)29/h4-8,11-12H,9-10H2,1-3H3,(H,23,24)(H,26,27)(H,28,29). The van der Waals surface area contributed by atoms with Crippen molar-refractivity contribution in [2.75, 3.05) is 18.0 Å². The second-order valence-electron chi connectivity index (χ2n) is 7.76. The van der Waals surface area contributed by atoms with Crippen LogP contribution in [0.3, 0.4) is 0 Å². The molecule has 0 amide bonds. The Morgan fingerprint density at radius 2 is 1.83 bits per heavy atom. The van der Waals surface area contributed by atoms with Gasteiger partial charge in [-0.25, -0.2) is 9.59 Å². The minimum atomic E-state index is -1.16. The second kappa shape index (κ2) is 7.46. The molecule has 1 aliphatic rings. The van der Waals surface area contributed by atoms with E-state index in [4.69, 9.17) is 4.74 Å². The van der Waals surface area contributed by atoms with Gasteiger partial charge in [0.1, 0.15) is 0 Å². The third-order valence-electron chi connectivity index (χ3n) is 5.51. The highest BCUT2D eigenvalue weighted by molar-refractivity contribution is 6.04. The number of aromatic carboxylic acids is 2. The topological polar surface area (TPSA) is 116 Å². The number of carboxylic acids is 2. The lowest BCUT2D eigenvalue weighted by molar-refractivity contribution is -0.00514. The molecule has 1 aromatic heterocycles. The van der Waals surface area contributed by atoms with Crippen LogP contribution in [0.15, 0.2) is 30.5 Å². The normalized spacial score (nSPS) is 19.2. The predicted molar refractivity (Wildman–Crippen MR) is 112 cm³/mol. The highest BCUT2D eigenvalue weighted by Crippen LogP contribution is 2.36. The number of H-pyrrole nitrogens is 1. The average molecular weight is 409 g/mol. The lowest BCUT2D eigenvalue weighted by Crippen LogP contribution is -2.45. The maximum atomic E-state index is 12.0. The zero-order chi connectivity index (χ0) is 21.6. The van der Waals surface area contributed by atoms with Gasteiger partial charge in [-0.05, 0) is 55.7 Å². The number of nitrogens with zero attached hydrogens (tertiary/aromatic N) is 2. The number of rotatable bonds is 4.